The number of nitrogens with one attached hydrogen (secondary N) is 2. The van der Waals surface area contributed by atoms with Gasteiger partial charge in [-0.05, 0) is 61.1 Å². The zero-order valence-corrected chi connectivity index (χ0v) is 42.5. The quantitative estimate of drug-likeness (QED) is 0.0803. The molecule has 3 N–H and O–H groups in total. The highest BCUT2D eigenvalue weighted by Gasteiger charge is 2.45. The number of carbonyl (C=O) groups excluding carboxylic acids is 4. The van der Waals surface area contributed by atoms with Crippen LogP contribution in [-0.4, -0.2) is 150 Å². The van der Waals surface area contributed by atoms with Crippen molar-refractivity contribution in [3.63, 3.8) is 0 Å². The van der Waals surface area contributed by atoms with Crippen LogP contribution in [0.25, 0.3) is 21.0 Å². The summed E-state index contributed by atoms with van der Waals surface area (Å²) in [6.45, 7) is 13.1. The summed E-state index contributed by atoms with van der Waals surface area (Å²) in [6, 6.07) is 13.4. The molecule has 3 aliphatic rings. The molecule has 0 bridgehead atoms. The SMILES string of the molecule is Cc1ncsc1-c1ccc([C@H](C)NC(=O)[C@@H]2C[C@@H](O)CN2C(=O)[C@@H](NC(=O)COCCOCCOCCOC2CCN(c3ccc(-c4nc5c(s4)C(=O)N(c4cccnc4)CC5)cn3)C2)C(C)(C)C)cc1. The van der Waals surface area contributed by atoms with Gasteiger partial charge >= 0.3 is 0 Å². The van der Waals surface area contributed by atoms with Crippen molar-refractivity contribution in [2.24, 2.45) is 5.41 Å². The largest absolute Gasteiger partial charge is 0.391 e. The molecule has 7 heterocycles. The van der Waals surface area contributed by atoms with Gasteiger partial charge in [0.05, 0.1) is 91.6 Å². The van der Waals surface area contributed by atoms with Crippen molar-refractivity contribution in [3.05, 3.63) is 94.5 Å². The third kappa shape index (κ3) is 13.0. The van der Waals surface area contributed by atoms with Crippen molar-refractivity contribution in [1.29, 1.82) is 0 Å². The maximum absolute atomic E-state index is 14.0. The summed E-state index contributed by atoms with van der Waals surface area (Å²) in [5, 5.41) is 17.2. The Kier molecular flexibility index (Phi) is 17.2. The van der Waals surface area contributed by atoms with E-state index in [1.54, 1.807) is 28.6 Å². The molecule has 4 aromatic heterocycles. The molecule has 1 unspecified atom stereocenters. The molecule has 5 atom stereocenters. The van der Waals surface area contributed by atoms with Crippen molar-refractivity contribution in [2.75, 3.05) is 82.2 Å². The molecule has 0 spiro atoms. The van der Waals surface area contributed by atoms with Gasteiger partial charge in [0, 0.05) is 57.0 Å². The highest BCUT2D eigenvalue weighted by molar-refractivity contribution is 7.17. The smallest absolute Gasteiger partial charge is 0.270 e. The lowest BCUT2D eigenvalue weighted by Gasteiger charge is -2.35. The van der Waals surface area contributed by atoms with Crippen LogP contribution in [-0.2, 0) is 39.8 Å². The Bertz CT molecular complexity index is 2590. The van der Waals surface area contributed by atoms with Gasteiger partial charge in [-0.15, -0.1) is 22.7 Å². The molecule has 8 rings (SSSR count). The summed E-state index contributed by atoms with van der Waals surface area (Å²) in [4.78, 5) is 79.1. The Labute approximate surface area is 422 Å². The molecule has 0 aliphatic carbocycles. The van der Waals surface area contributed by atoms with Crippen molar-refractivity contribution >= 4 is 57.8 Å². The Hall–Kier alpha value is -5.74. The van der Waals surface area contributed by atoms with Crippen LogP contribution in [0.2, 0.25) is 0 Å². The molecule has 1 aromatic carbocycles. The van der Waals surface area contributed by atoms with E-state index in [1.165, 1.54) is 16.2 Å². The number of likely N-dealkylation sites (tertiary alicyclic amines) is 1. The van der Waals surface area contributed by atoms with Gasteiger partial charge in [-0.25, -0.2) is 15.0 Å². The molecule has 5 aromatic rings. The van der Waals surface area contributed by atoms with Crippen LogP contribution < -0.4 is 20.4 Å². The minimum Gasteiger partial charge on any atom is -0.391 e. The Balaban J connectivity index is 0.682. The molecule has 378 valence electrons. The van der Waals surface area contributed by atoms with Crippen LogP contribution in [0.4, 0.5) is 11.5 Å². The number of benzene rings is 1. The molecule has 3 aliphatic heterocycles. The Morgan fingerprint density at radius 3 is 2.32 bits per heavy atom. The molecule has 0 radical (unpaired) electrons. The highest BCUT2D eigenvalue weighted by Crippen LogP contribution is 2.34. The number of amides is 4. The third-order valence-corrected chi connectivity index (χ3v) is 14.9. The van der Waals surface area contributed by atoms with E-state index < -0.39 is 35.4 Å². The normalized spacial score (nSPS) is 18.9. The van der Waals surface area contributed by atoms with E-state index in [9.17, 15) is 24.3 Å². The number of carbonyl (C=O) groups is 4. The topological polar surface area (TPSA) is 211 Å². The van der Waals surface area contributed by atoms with Crippen LogP contribution >= 0.6 is 22.7 Å². The van der Waals surface area contributed by atoms with Crippen LogP contribution in [0.3, 0.4) is 0 Å². The maximum Gasteiger partial charge on any atom is 0.270 e. The van der Waals surface area contributed by atoms with E-state index in [0.717, 1.165) is 69.0 Å². The summed E-state index contributed by atoms with van der Waals surface area (Å²) in [5.74, 6) is -0.480. The second-order valence-corrected chi connectivity index (χ2v) is 20.9. The molecular formula is C51H63N9O9S2. The average molecular weight is 1010 g/mol. The van der Waals surface area contributed by atoms with Crippen molar-refractivity contribution in [2.45, 2.75) is 84.2 Å². The maximum atomic E-state index is 14.0. The van der Waals surface area contributed by atoms with Crippen molar-refractivity contribution in [3.8, 4) is 21.0 Å². The third-order valence-electron chi connectivity index (χ3n) is 12.7. The van der Waals surface area contributed by atoms with Crippen molar-refractivity contribution in [1.82, 2.24) is 35.5 Å². The minimum atomic E-state index is -0.970. The number of fused-ring (bicyclic) bond motifs is 1. The van der Waals surface area contributed by atoms with E-state index in [2.05, 4.69) is 25.5 Å². The molecule has 4 amide bonds. The first-order valence-corrected chi connectivity index (χ1v) is 25.8. The first-order valence-electron chi connectivity index (χ1n) is 24.1. The summed E-state index contributed by atoms with van der Waals surface area (Å²) >= 11 is 2.98. The first-order chi connectivity index (χ1) is 34.2. The lowest BCUT2D eigenvalue weighted by molar-refractivity contribution is -0.144. The average Bonchev–Trinajstić information content (AvgIpc) is 4.20. The molecule has 0 saturated carbocycles. The lowest BCUT2D eigenvalue weighted by Crippen LogP contribution is -2.58. The number of thiazole rings is 2. The number of aromatic nitrogens is 4. The molecule has 18 nitrogen and oxygen atoms in total. The monoisotopic (exact) mass is 1010 g/mol. The lowest BCUT2D eigenvalue weighted by atomic mass is 9.85. The van der Waals surface area contributed by atoms with Crippen molar-refractivity contribution < 1.29 is 43.2 Å². The van der Waals surface area contributed by atoms with Gasteiger partial charge in [-0.3, -0.25) is 24.2 Å². The van der Waals surface area contributed by atoms with Crippen LogP contribution in [0.15, 0.2) is 72.6 Å². The number of hydrogen-bond donors (Lipinski definition) is 3. The molecule has 20 heteroatoms. The second-order valence-electron chi connectivity index (χ2n) is 19.0. The zero-order chi connectivity index (χ0) is 50.1. The fourth-order valence-corrected chi connectivity index (χ4v) is 10.7. The van der Waals surface area contributed by atoms with Gasteiger partial charge in [0.1, 0.15) is 34.4 Å². The number of hydrogen-bond acceptors (Lipinski definition) is 16. The molecule has 2 fully saturated rings. The van der Waals surface area contributed by atoms with Gasteiger partial charge in [-0.2, -0.15) is 0 Å². The van der Waals surface area contributed by atoms with E-state index >= 15 is 0 Å². The number of aliphatic hydroxyl groups excluding tert-OH is 1. The van der Waals surface area contributed by atoms with Gasteiger partial charge in [0.15, 0.2) is 0 Å². The van der Waals surface area contributed by atoms with E-state index in [-0.39, 0.29) is 56.7 Å². The van der Waals surface area contributed by atoms with Crippen LogP contribution in [0.1, 0.15) is 73.2 Å². The standard InChI is InChI=1S/C51H63N9O9S2/c1-32(34-8-10-35(11-9-34)44-33(2)54-31-70-44)55-47(63)41-25-38(61)28-60(41)50(65)46(51(3,4)5)57-43(62)30-68-22-21-66-19-20-67-23-24-69-39-14-17-58(29-39)42-13-12-36(26-53-42)48-56-40-15-18-59(49(64)45(40)71-48)37-7-6-16-52-27-37/h6-13,16,26-27,31-32,38-39,41,46,61H,14-15,17-25,28-30H2,1-5H3,(H,55,63)(H,57,62)/t32-,38+,39?,41-,46+/m0/s1. The molecular weight excluding hydrogens is 947 g/mol. The number of β-amino-alcohol motifs (C(OH)–C–C–N with tert-alkyl or cyclic N) is 1. The van der Waals surface area contributed by atoms with Gasteiger partial charge in [0.2, 0.25) is 17.7 Å². The molecule has 2 saturated heterocycles. The van der Waals surface area contributed by atoms with Gasteiger partial charge in [0.25, 0.3) is 5.91 Å². The number of pyridine rings is 2. The highest BCUT2D eigenvalue weighted by atomic mass is 32.1. The van der Waals surface area contributed by atoms with Gasteiger partial charge in [-0.1, -0.05) is 45.0 Å². The number of nitrogens with zero attached hydrogens (tertiary/aromatic N) is 7. The zero-order valence-electron chi connectivity index (χ0n) is 40.9. The number of anilines is 2. The fraction of sp³-hybridized carbons (Fsp3) is 0.490. The summed E-state index contributed by atoms with van der Waals surface area (Å²) in [6.07, 6.45) is 6.05. The predicted molar refractivity (Wildman–Crippen MR) is 270 cm³/mol. The minimum absolute atomic E-state index is 0.0206. The van der Waals surface area contributed by atoms with E-state index in [0.29, 0.717) is 44.3 Å². The van der Waals surface area contributed by atoms with Gasteiger partial charge < -0.3 is 49.4 Å². The molecule has 71 heavy (non-hydrogen) atoms. The van der Waals surface area contributed by atoms with E-state index in [4.69, 9.17) is 28.9 Å². The second kappa shape index (κ2) is 23.7. The fourth-order valence-electron chi connectivity index (χ4n) is 8.88. The van der Waals surface area contributed by atoms with Crippen LogP contribution in [0, 0.1) is 12.3 Å². The predicted octanol–water partition coefficient (Wildman–Crippen LogP) is 5.25. The summed E-state index contributed by atoms with van der Waals surface area (Å²) in [5.41, 5.74) is 6.51. The first kappa shape index (κ1) is 51.6. The summed E-state index contributed by atoms with van der Waals surface area (Å²) < 4.78 is 23.0. The summed E-state index contributed by atoms with van der Waals surface area (Å²) in [7, 11) is 0. The number of ether oxygens (including phenoxy) is 4. The number of rotatable bonds is 21. The number of aryl methyl sites for hydroxylation is 1. The van der Waals surface area contributed by atoms with E-state index in [1.807, 2.05) is 94.9 Å². The Morgan fingerprint density at radius 1 is 0.887 bits per heavy atom. The number of aliphatic hydroxyl groups is 1. The van der Waals surface area contributed by atoms with Crippen LogP contribution in [0.5, 0.6) is 0 Å². The Morgan fingerprint density at radius 2 is 1.63 bits per heavy atom.